The molecule has 2 aromatic rings. The first-order valence-electron chi connectivity index (χ1n) is 5.93. The molecule has 3 heterocycles. The van der Waals surface area contributed by atoms with Crippen LogP contribution in [0.2, 0.25) is 0 Å². The molecule has 0 aromatic carbocycles. The van der Waals surface area contributed by atoms with Gasteiger partial charge in [0.05, 0.1) is 18.4 Å². The van der Waals surface area contributed by atoms with Gasteiger partial charge < -0.3 is 10.1 Å². The Kier molecular flexibility index (Phi) is 3.00. The van der Waals surface area contributed by atoms with Crippen LogP contribution in [0.1, 0.15) is 23.5 Å². The number of imidazole rings is 1. The van der Waals surface area contributed by atoms with Gasteiger partial charge in [-0.15, -0.1) is 0 Å². The molecule has 3 rings (SSSR count). The zero-order valence-electron chi connectivity index (χ0n) is 10.0. The highest BCUT2D eigenvalue weighted by Gasteiger charge is 2.23. The predicted molar refractivity (Wildman–Crippen MR) is 66.4 cm³/mol. The number of carbonyl (C=O) groups excluding carboxylic acids is 1. The second-order valence-corrected chi connectivity index (χ2v) is 5.46. The second-order valence-electron chi connectivity index (χ2n) is 4.30. The lowest BCUT2D eigenvalue weighted by atomic mass is 10.2. The van der Waals surface area contributed by atoms with E-state index >= 15 is 0 Å². The van der Waals surface area contributed by atoms with Crippen molar-refractivity contribution in [2.24, 2.45) is 0 Å². The summed E-state index contributed by atoms with van der Waals surface area (Å²) < 4.78 is 7.06. The van der Waals surface area contributed by atoms with E-state index in [9.17, 15) is 4.79 Å². The molecule has 96 valence electrons. The fourth-order valence-electron chi connectivity index (χ4n) is 2.01. The monoisotopic (exact) mass is 266 g/mol. The van der Waals surface area contributed by atoms with Gasteiger partial charge in [-0.2, -0.15) is 5.10 Å². The fraction of sp³-hybridized carbons (Fsp3) is 0.545. The molecule has 1 fully saturated rings. The van der Waals surface area contributed by atoms with E-state index in [1.807, 2.05) is 13.1 Å². The molecule has 1 N–H and O–H groups in total. The maximum atomic E-state index is 11.7. The van der Waals surface area contributed by atoms with Crippen molar-refractivity contribution >= 4 is 22.2 Å². The van der Waals surface area contributed by atoms with Crippen molar-refractivity contribution in [3.8, 4) is 0 Å². The Morgan fingerprint density at radius 2 is 2.61 bits per heavy atom. The van der Waals surface area contributed by atoms with Gasteiger partial charge in [-0.1, -0.05) is 11.3 Å². The van der Waals surface area contributed by atoms with Gasteiger partial charge in [0.2, 0.25) is 10.9 Å². The van der Waals surface area contributed by atoms with Gasteiger partial charge in [-0.3, -0.25) is 4.79 Å². The van der Waals surface area contributed by atoms with Crippen LogP contribution in [-0.2, 0) is 16.1 Å². The van der Waals surface area contributed by atoms with Crippen molar-refractivity contribution in [1.29, 1.82) is 0 Å². The Labute approximate surface area is 108 Å². The number of nitrogens with zero attached hydrogens (tertiary/aromatic N) is 3. The van der Waals surface area contributed by atoms with Crippen molar-refractivity contribution < 1.29 is 9.53 Å². The van der Waals surface area contributed by atoms with E-state index in [0.29, 0.717) is 13.2 Å². The van der Waals surface area contributed by atoms with E-state index in [2.05, 4.69) is 15.4 Å². The van der Waals surface area contributed by atoms with Crippen LogP contribution in [0.25, 0.3) is 4.96 Å². The summed E-state index contributed by atoms with van der Waals surface area (Å²) >= 11 is 1.54. The Morgan fingerprint density at radius 3 is 3.33 bits per heavy atom. The van der Waals surface area contributed by atoms with Gasteiger partial charge in [-0.25, -0.2) is 9.50 Å². The predicted octanol–water partition coefficient (Wildman–Crippen LogP) is 0.894. The van der Waals surface area contributed by atoms with Gasteiger partial charge in [0, 0.05) is 6.61 Å². The summed E-state index contributed by atoms with van der Waals surface area (Å²) in [4.78, 5) is 17.0. The first-order valence-corrected chi connectivity index (χ1v) is 6.75. The van der Waals surface area contributed by atoms with E-state index in [4.69, 9.17) is 4.74 Å². The second kappa shape index (κ2) is 4.66. The number of nitrogens with one attached hydrogen (secondary N) is 1. The lowest BCUT2D eigenvalue weighted by Gasteiger charge is -2.08. The summed E-state index contributed by atoms with van der Waals surface area (Å²) in [7, 11) is 0. The molecule has 0 bridgehead atoms. The molecule has 1 aliphatic heterocycles. The number of hydrogen-bond donors (Lipinski definition) is 1. The highest BCUT2D eigenvalue weighted by atomic mass is 32.1. The SMILES string of the molecule is Cc1nn2cc(CNC(=O)C3CCCO3)nc2s1. The van der Waals surface area contributed by atoms with Crippen LogP contribution in [0.3, 0.4) is 0 Å². The normalized spacial score (nSPS) is 19.5. The molecule has 1 atom stereocenters. The third-order valence-electron chi connectivity index (χ3n) is 2.86. The number of aromatic nitrogens is 3. The van der Waals surface area contributed by atoms with Crippen LogP contribution >= 0.6 is 11.3 Å². The van der Waals surface area contributed by atoms with E-state index in [0.717, 1.165) is 28.5 Å². The summed E-state index contributed by atoms with van der Waals surface area (Å²) in [5.41, 5.74) is 0.820. The topological polar surface area (TPSA) is 68.5 Å². The molecule has 0 saturated carbocycles. The van der Waals surface area contributed by atoms with Crippen LogP contribution < -0.4 is 5.32 Å². The van der Waals surface area contributed by atoms with E-state index < -0.39 is 0 Å². The van der Waals surface area contributed by atoms with Gasteiger partial charge in [-0.05, 0) is 19.8 Å². The van der Waals surface area contributed by atoms with Crippen LogP contribution in [0.15, 0.2) is 6.20 Å². The first kappa shape index (κ1) is 11.6. The molecule has 0 aliphatic carbocycles. The van der Waals surface area contributed by atoms with Crippen LogP contribution in [0, 0.1) is 6.92 Å². The molecule has 6 nitrogen and oxygen atoms in total. The quantitative estimate of drug-likeness (QED) is 0.896. The van der Waals surface area contributed by atoms with Crippen molar-refractivity contribution in [2.45, 2.75) is 32.4 Å². The number of aryl methyl sites for hydroxylation is 1. The van der Waals surface area contributed by atoms with Crippen molar-refractivity contribution in [1.82, 2.24) is 19.9 Å². The standard InChI is InChI=1S/C11H14N4O2S/c1-7-14-15-6-8(13-11(15)18-7)5-12-10(16)9-3-2-4-17-9/h6,9H,2-5H2,1H3,(H,12,16). The maximum absolute atomic E-state index is 11.7. The molecule has 2 aromatic heterocycles. The van der Waals surface area contributed by atoms with Gasteiger partial charge in [0.25, 0.3) is 0 Å². The first-order chi connectivity index (χ1) is 8.72. The number of carbonyl (C=O) groups is 1. The van der Waals surface area contributed by atoms with Crippen LogP contribution in [0.5, 0.6) is 0 Å². The largest absolute Gasteiger partial charge is 0.368 e. The van der Waals surface area contributed by atoms with Gasteiger partial charge in [0.1, 0.15) is 11.1 Å². The third-order valence-corrected chi connectivity index (χ3v) is 3.70. The minimum Gasteiger partial charge on any atom is -0.368 e. The lowest BCUT2D eigenvalue weighted by molar-refractivity contribution is -0.130. The van der Waals surface area contributed by atoms with E-state index in [1.54, 1.807) is 4.52 Å². The number of amides is 1. The highest BCUT2D eigenvalue weighted by molar-refractivity contribution is 7.16. The van der Waals surface area contributed by atoms with Crippen LogP contribution in [-0.4, -0.2) is 33.2 Å². The third kappa shape index (κ3) is 2.23. The number of ether oxygens (including phenoxy) is 1. The highest BCUT2D eigenvalue weighted by Crippen LogP contribution is 2.14. The van der Waals surface area contributed by atoms with Crippen LogP contribution in [0.4, 0.5) is 0 Å². The summed E-state index contributed by atoms with van der Waals surface area (Å²) in [5, 5.41) is 8.10. The van der Waals surface area contributed by atoms with Gasteiger partial charge >= 0.3 is 0 Å². The van der Waals surface area contributed by atoms with Crippen molar-refractivity contribution in [3.05, 3.63) is 16.9 Å². The Hall–Kier alpha value is -1.47. The minimum absolute atomic E-state index is 0.0482. The summed E-state index contributed by atoms with van der Waals surface area (Å²) in [6.07, 6.45) is 3.33. The smallest absolute Gasteiger partial charge is 0.249 e. The zero-order chi connectivity index (χ0) is 12.5. The molecular formula is C11H14N4O2S. The summed E-state index contributed by atoms with van der Waals surface area (Å²) in [5.74, 6) is -0.0482. The Bertz CT molecular complexity index is 539. The average Bonchev–Trinajstić information content (AvgIpc) is 3.00. The zero-order valence-corrected chi connectivity index (χ0v) is 10.9. The van der Waals surface area contributed by atoms with Crippen molar-refractivity contribution in [2.75, 3.05) is 6.61 Å². The van der Waals surface area contributed by atoms with Crippen molar-refractivity contribution in [3.63, 3.8) is 0 Å². The summed E-state index contributed by atoms with van der Waals surface area (Å²) in [6, 6.07) is 0. The molecule has 0 radical (unpaired) electrons. The number of rotatable bonds is 3. The van der Waals surface area contributed by atoms with E-state index in [1.165, 1.54) is 11.3 Å². The number of fused-ring (bicyclic) bond motifs is 1. The molecule has 1 amide bonds. The lowest BCUT2D eigenvalue weighted by Crippen LogP contribution is -2.33. The fourth-order valence-corrected chi connectivity index (χ4v) is 2.75. The Morgan fingerprint density at radius 1 is 1.72 bits per heavy atom. The molecule has 1 saturated heterocycles. The molecular weight excluding hydrogens is 252 g/mol. The Balaban J connectivity index is 1.61. The molecule has 1 unspecified atom stereocenters. The maximum Gasteiger partial charge on any atom is 0.249 e. The van der Waals surface area contributed by atoms with Gasteiger partial charge in [0.15, 0.2) is 0 Å². The molecule has 1 aliphatic rings. The minimum atomic E-state index is -0.283. The molecule has 18 heavy (non-hydrogen) atoms. The average molecular weight is 266 g/mol. The number of hydrogen-bond acceptors (Lipinski definition) is 5. The molecule has 0 spiro atoms. The van der Waals surface area contributed by atoms with E-state index in [-0.39, 0.29) is 12.0 Å². The molecule has 7 heteroatoms. The summed E-state index contributed by atoms with van der Waals surface area (Å²) in [6.45, 7) is 3.05.